The molecule has 4 nitrogen and oxygen atoms in total. The van der Waals surface area contributed by atoms with Gasteiger partial charge in [0.2, 0.25) is 0 Å². The number of rotatable bonds is 5. The first kappa shape index (κ1) is 15.0. The van der Waals surface area contributed by atoms with E-state index < -0.39 is 0 Å². The highest BCUT2D eigenvalue weighted by molar-refractivity contribution is 5.28. The lowest BCUT2D eigenvalue weighted by Gasteiger charge is -2.34. The number of aryl methyl sites for hydroxylation is 2. The molecule has 2 fully saturated rings. The van der Waals surface area contributed by atoms with Crippen molar-refractivity contribution in [2.75, 3.05) is 13.1 Å². The number of aromatic nitrogens is 2. The molecule has 1 saturated carbocycles. The van der Waals surface area contributed by atoms with Crippen LogP contribution in [0.25, 0.3) is 0 Å². The van der Waals surface area contributed by atoms with Crippen molar-refractivity contribution >= 4 is 0 Å². The average Bonchev–Trinajstić information content (AvgIpc) is 3.26. The molecule has 0 bridgehead atoms. The highest BCUT2D eigenvalue weighted by atomic mass is 15.3. The van der Waals surface area contributed by atoms with Crippen LogP contribution >= 0.6 is 0 Å². The van der Waals surface area contributed by atoms with E-state index in [-0.39, 0.29) is 0 Å². The van der Waals surface area contributed by atoms with Gasteiger partial charge in [-0.25, -0.2) is 0 Å². The van der Waals surface area contributed by atoms with Crippen LogP contribution in [0.5, 0.6) is 0 Å². The third kappa shape index (κ3) is 3.16. The van der Waals surface area contributed by atoms with Gasteiger partial charge in [0.05, 0.1) is 5.69 Å². The monoisotopic (exact) mass is 290 g/mol. The topological polar surface area (TPSA) is 33.1 Å². The smallest absolute Gasteiger partial charge is 0.0644 e. The maximum Gasteiger partial charge on any atom is 0.0644 e. The van der Waals surface area contributed by atoms with Crippen LogP contribution in [0.2, 0.25) is 0 Å². The van der Waals surface area contributed by atoms with E-state index in [1.165, 1.54) is 55.7 Å². The van der Waals surface area contributed by atoms with Gasteiger partial charge in [-0.1, -0.05) is 0 Å². The summed E-state index contributed by atoms with van der Waals surface area (Å²) in [7, 11) is 0. The molecule has 1 N–H and O–H groups in total. The van der Waals surface area contributed by atoms with Crippen molar-refractivity contribution in [1.82, 2.24) is 20.0 Å². The van der Waals surface area contributed by atoms with Gasteiger partial charge in [0, 0.05) is 35.9 Å². The zero-order chi connectivity index (χ0) is 15.0. The molecule has 1 aliphatic carbocycles. The minimum Gasteiger partial charge on any atom is -0.307 e. The molecule has 118 valence electrons. The zero-order valence-corrected chi connectivity index (χ0v) is 14.0. The lowest BCUT2D eigenvalue weighted by Crippen LogP contribution is -2.44. The van der Waals surface area contributed by atoms with Gasteiger partial charge in [0.15, 0.2) is 0 Å². The minimum atomic E-state index is 0.405. The summed E-state index contributed by atoms with van der Waals surface area (Å²) in [6.07, 6.45) is 5.45. The van der Waals surface area contributed by atoms with E-state index in [2.05, 4.69) is 47.7 Å². The first-order valence-corrected chi connectivity index (χ1v) is 8.64. The molecule has 2 aliphatic rings. The Morgan fingerprint density at radius 3 is 2.38 bits per heavy atom. The molecule has 1 aliphatic heterocycles. The van der Waals surface area contributed by atoms with Gasteiger partial charge in [-0.05, 0) is 66.5 Å². The fourth-order valence-electron chi connectivity index (χ4n) is 3.95. The number of hydrogen-bond acceptors (Lipinski definition) is 3. The Kier molecular flexibility index (Phi) is 4.36. The fraction of sp³-hybridized carbons (Fsp3) is 0.824. The summed E-state index contributed by atoms with van der Waals surface area (Å²) in [5.41, 5.74) is 3.91. The molecule has 1 aromatic rings. The van der Waals surface area contributed by atoms with Gasteiger partial charge in [-0.2, -0.15) is 5.10 Å². The van der Waals surface area contributed by atoms with E-state index in [1.807, 2.05) is 0 Å². The Hall–Kier alpha value is -0.870. The van der Waals surface area contributed by atoms with Crippen LogP contribution in [0.1, 0.15) is 62.5 Å². The average molecular weight is 290 g/mol. The zero-order valence-electron chi connectivity index (χ0n) is 14.0. The maximum atomic E-state index is 4.65. The first-order valence-electron chi connectivity index (χ1n) is 8.64. The van der Waals surface area contributed by atoms with Gasteiger partial charge in [0.1, 0.15) is 0 Å². The highest BCUT2D eigenvalue weighted by Crippen LogP contribution is 2.30. The molecule has 0 aromatic carbocycles. The highest BCUT2D eigenvalue weighted by Gasteiger charge is 2.32. The number of piperidine rings is 1. The summed E-state index contributed by atoms with van der Waals surface area (Å²) in [6.45, 7) is 12.3. The van der Waals surface area contributed by atoms with Crippen LogP contribution in [0, 0.1) is 13.8 Å². The SMILES string of the molecule is CCn1nc(C)c(C(C)NC2CCN(C3CC3)CC2)c1C. The maximum absolute atomic E-state index is 4.65. The van der Waals surface area contributed by atoms with Crippen molar-refractivity contribution in [2.24, 2.45) is 0 Å². The van der Waals surface area contributed by atoms with E-state index in [9.17, 15) is 0 Å². The van der Waals surface area contributed by atoms with Crippen LogP contribution in [-0.2, 0) is 6.54 Å². The third-order valence-electron chi connectivity index (χ3n) is 5.25. The van der Waals surface area contributed by atoms with E-state index >= 15 is 0 Å². The molecule has 3 rings (SSSR count). The van der Waals surface area contributed by atoms with Crippen LogP contribution < -0.4 is 5.32 Å². The number of likely N-dealkylation sites (tertiary alicyclic amines) is 1. The molecule has 21 heavy (non-hydrogen) atoms. The molecular formula is C17H30N4. The van der Waals surface area contributed by atoms with Crippen LogP contribution in [0.3, 0.4) is 0 Å². The first-order chi connectivity index (χ1) is 10.1. The Morgan fingerprint density at radius 2 is 1.86 bits per heavy atom. The molecule has 1 atom stereocenters. The van der Waals surface area contributed by atoms with Gasteiger partial charge >= 0.3 is 0 Å². The van der Waals surface area contributed by atoms with E-state index in [0.29, 0.717) is 12.1 Å². The molecule has 0 radical (unpaired) electrons. The van der Waals surface area contributed by atoms with Crippen molar-refractivity contribution in [3.63, 3.8) is 0 Å². The molecule has 1 unspecified atom stereocenters. The second-order valence-electron chi connectivity index (χ2n) is 6.83. The second-order valence-corrected chi connectivity index (χ2v) is 6.83. The largest absolute Gasteiger partial charge is 0.307 e. The van der Waals surface area contributed by atoms with E-state index in [4.69, 9.17) is 0 Å². The number of nitrogens with zero attached hydrogens (tertiary/aromatic N) is 3. The molecule has 1 saturated heterocycles. The Bertz CT molecular complexity index is 481. The standard InChI is InChI=1S/C17H30N4/c1-5-21-14(4)17(13(3)19-21)12(2)18-15-8-10-20(11-9-15)16-6-7-16/h12,15-16,18H,5-11H2,1-4H3. The Balaban J connectivity index is 1.59. The summed E-state index contributed by atoms with van der Waals surface area (Å²) >= 11 is 0. The third-order valence-corrected chi connectivity index (χ3v) is 5.25. The van der Waals surface area contributed by atoms with Gasteiger partial charge < -0.3 is 10.2 Å². The predicted octanol–water partition coefficient (Wildman–Crippen LogP) is 2.80. The van der Waals surface area contributed by atoms with Crippen LogP contribution in [0.4, 0.5) is 0 Å². The summed E-state index contributed by atoms with van der Waals surface area (Å²) in [6, 6.07) is 2.00. The van der Waals surface area contributed by atoms with Gasteiger partial charge in [-0.3, -0.25) is 4.68 Å². The summed E-state index contributed by atoms with van der Waals surface area (Å²) in [4.78, 5) is 2.69. The summed E-state index contributed by atoms with van der Waals surface area (Å²) in [5, 5.41) is 8.51. The number of hydrogen-bond donors (Lipinski definition) is 1. The van der Waals surface area contributed by atoms with Gasteiger partial charge in [0.25, 0.3) is 0 Å². The van der Waals surface area contributed by atoms with Crippen molar-refractivity contribution in [1.29, 1.82) is 0 Å². The molecular weight excluding hydrogens is 260 g/mol. The van der Waals surface area contributed by atoms with E-state index in [1.54, 1.807) is 0 Å². The Morgan fingerprint density at radius 1 is 1.19 bits per heavy atom. The van der Waals surface area contributed by atoms with E-state index in [0.717, 1.165) is 12.6 Å². The lowest BCUT2D eigenvalue weighted by molar-refractivity contribution is 0.184. The van der Waals surface area contributed by atoms with Crippen LogP contribution in [-0.4, -0.2) is 39.9 Å². The fourth-order valence-corrected chi connectivity index (χ4v) is 3.95. The predicted molar refractivity (Wildman–Crippen MR) is 86.5 cm³/mol. The molecule has 1 aromatic heterocycles. The quantitative estimate of drug-likeness (QED) is 0.905. The lowest BCUT2D eigenvalue weighted by atomic mass is 10.0. The minimum absolute atomic E-state index is 0.405. The van der Waals surface area contributed by atoms with Crippen molar-refractivity contribution in [3.8, 4) is 0 Å². The normalized spacial score (nSPS) is 22.7. The number of nitrogens with one attached hydrogen (secondary N) is 1. The van der Waals surface area contributed by atoms with Gasteiger partial charge in [-0.15, -0.1) is 0 Å². The molecule has 4 heteroatoms. The molecule has 0 spiro atoms. The molecule has 0 amide bonds. The van der Waals surface area contributed by atoms with Crippen LogP contribution in [0.15, 0.2) is 0 Å². The second kappa shape index (κ2) is 6.09. The van der Waals surface area contributed by atoms with Crippen molar-refractivity contribution in [2.45, 2.75) is 78.0 Å². The van der Waals surface area contributed by atoms with Crippen molar-refractivity contribution < 1.29 is 0 Å². The summed E-state index contributed by atoms with van der Waals surface area (Å²) in [5.74, 6) is 0. The Labute approximate surface area is 128 Å². The summed E-state index contributed by atoms with van der Waals surface area (Å²) < 4.78 is 2.12. The molecule has 2 heterocycles. The van der Waals surface area contributed by atoms with Crippen molar-refractivity contribution in [3.05, 3.63) is 17.0 Å².